The number of nitrogens with one attached hydrogen (secondary N) is 1. The number of rotatable bonds is 3. The number of ether oxygens (including phenoxy) is 2. The average molecular weight is 407 g/mol. The Labute approximate surface area is 173 Å². The van der Waals surface area contributed by atoms with Crippen molar-refractivity contribution in [1.29, 1.82) is 0 Å². The molecule has 2 aliphatic rings. The molecule has 0 radical (unpaired) electrons. The van der Waals surface area contributed by atoms with E-state index in [4.69, 9.17) is 14.6 Å². The van der Waals surface area contributed by atoms with Gasteiger partial charge in [0.1, 0.15) is 11.9 Å². The number of fused-ring (bicyclic) bond motifs is 2. The number of thioether (sulfide) groups is 1. The Kier molecular flexibility index (Phi) is 4.47. The third kappa shape index (κ3) is 3.15. The van der Waals surface area contributed by atoms with Crippen molar-refractivity contribution in [3.8, 4) is 17.2 Å². The second-order valence-corrected chi connectivity index (χ2v) is 8.25. The van der Waals surface area contributed by atoms with Crippen LogP contribution in [0.15, 0.2) is 48.5 Å². The van der Waals surface area contributed by atoms with E-state index in [2.05, 4.69) is 5.32 Å². The Hall–Kier alpha value is -2.93. The van der Waals surface area contributed by atoms with Crippen LogP contribution in [0.2, 0.25) is 0 Å². The summed E-state index contributed by atoms with van der Waals surface area (Å²) in [5.74, 6) is 3.41. The maximum Gasteiger partial charge on any atom is 0.270 e. The first-order valence-electron chi connectivity index (χ1n) is 9.59. The molecule has 2 unspecified atom stereocenters. The fourth-order valence-electron chi connectivity index (χ4n) is 3.71. The highest BCUT2D eigenvalue weighted by Crippen LogP contribution is 2.38. The first-order valence-corrected chi connectivity index (χ1v) is 10.7. The highest BCUT2D eigenvalue weighted by atomic mass is 32.2. The van der Waals surface area contributed by atoms with Crippen molar-refractivity contribution < 1.29 is 14.3 Å². The minimum atomic E-state index is -0.741. The maximum absolute atomic E-state index is 13.2. The summed E-state index contributed by atoms with van der Waals surface area (Å²) in [4.78, 5) is 13.2. The number of aryl methyl sites for hydroxylation is 1. The number of carbonyl (C=O) groups excluding carboxylic acids is 1. The number of amides is 1. The molecule has 2 aliphatic heterocycles. The SMILES string of the molecule is Cc1ccccc1-n1nc2c(c1NC(=O)C1Oc3ccccc3OC1C)CSC2. The average Bonchev–Trinajstić information content (AvgIpc) is 3.30. The first-order chi connectivity index (χ1) is 14.1. The number of anilines is 1. The Morgan fingerprint density at radius 1 is 1.10 bits per heavy atom. The summed E-state index contributed by atoms with van der Waals surface area (Å²) >= 11 is 1.80. The number of benzene rings is 2. The lowest BCUT2D eigenvalue weighted by Crippen LogP contribution is -2.46. The summed E-state index contributed by atoms with van der Waals surface area (Å²) in [5.41, 5.74) is 4.15. The molecule has 1 amide bonds. The third-order valence-electron chi connectivity index (χ3n) is 5.24. The topological polar surface area (TPSA) is 65.4 Å². The van der Waals surface area contributed by atoms with Crippen LogP contribution in [-0.2, 0) is 16.3 Å². The van der Waals surface area contributed by atoms with Gasteiger partial charge in [0.05, 0.1) is 11.4 Å². The van der Waals surface area contributed by atoms with Gasteiger partial charge >= 0.3 is 0 Å². The van der Waals surface area contributed by atoms with Gasteiger partial charge in [0.15, 0.2) is 11.5 Å². The molecule has 0 aliphatic carbocycles. The molecule has 29 heavy (non-hydrogen) atoms. The largest absolute Gasteiger partial charge is 0.482 e. The molecule has 3 aromatic rings. The van der Waals surface area contributed by atoms with Gasteiger partial charge in [-0.15, -0.1) is 0 Å². The van der Waals surface area contributed by atoms with Gasteiger partial charge in [-0.2, -0.15) is 16.9 Å². The molecule has 6 nitrogen and oxygen atoms in total. The normalized spacial score (nSPS) is 19.7. The van der Waals surface area contributed by atoms with Crippen LogP contribution in [0, 0.1) is 6.92 Å². The first kappa shape index (κ1) is 18.1. The number of aromatic nitrogens is 2. The van der Waals surface area contributed by atoms with Crippen LogP contribution in [0.3, 0.4) is 0 Å². The molecule has 0 saturated heterocycles. The van der Waals surface area contributed by atoms with E-state index in [1.165, 1.54) is 0 Å². The van der Waals surface area contributed by atoms with Crippen molar-refractivity contribution in [1.82, 2.24) is 9.78 Å². The molecule has 5 rings (SSSR count). The number of para-hydroxylation sites is 3. The molecule has 0 fully saturated rings. The fourth-order valence-corrected chi connectivity index (χ4v) is 4.75. The molecule has 2 aromatic carbocycles. The van der Waals surface area contributed by atoms with Crippen LogP contribution in [0.1, 0.15) is 23.7 Å². The zero-order valence-electron chi connectivity index (χ0n) is 16.2. The van der Waals surface area contributed by atoms with Crippen LogP contribution in [0.25, 0.3) is 5.69 Å². The summed E-state index contributed by atoms with van der Waals surface area (Å²) in [6.45, 7) is 3.89. The summed E-state index contributed by atoms with van der Waals surface area (Å²) in [6.07, 6.45) is -1.14. The van der Waals surface area contributed by atoms with Crippen molar-refractivity contribution in [2.45, 2.75) is 37.6 Å². The van der Waals surface area contributed by atoms with Gasteiger partial charge in [-0.25, -0.2) is 4.68 Å². The Balaban J connectivity index is 1.48. The molecule has 0 saturated carbocycles. The van der Waals surface area contributed by atoms with Gasteiger partial charge in [0, 0.05) is 17.1 Å². The smallest absolute Gasteiger partial charge is 0.270 e. The van der Waals surface area contributed by atoms with Crippen LogP contribution < -0.4 is 14.8 Å². The molecular weight excluding hydrogens is 386 g/mol. The minimum absolute atomic E-state index is 0.235. The van der Waals surface area contributed by atoms with Gasteiger partial charge in [-0.1, -0.05) is 30.3 Å². The molecule has 148 valence electrons. The van der Waals surface area contributed by atoms with Crippen molar-refractivity contribution in [2.75, 3.05) is 5.32 Å². The lowest BCUT2D eigenvalue weighted by atomic mass is 10.1. The van der Waals surface area contributed by atoms with Crippen molar-refractivity contribution in [3.05, 3.63) is 65.4 Å². The van der Waals surface area contributed by atoms with Gasteiger partial charge in [0.25, 0.3) is 5.91 Å². The van der Waals surface area contributed by atoms with Crippen LogP contribution in [0.4, 0.5) is 5.82 Å². The Bertz CT molecular complexity index is 1090. The predicted octanol–water partition coefficient (Wildman–Crippen LogP) is 4.09. The molecule has 0 spiro atoms. The Morgan fingerprint density at radius 3 is 2.62 bits per heavy atom. The molecule has 7 heteroatoms. The van der Waals surface area contributed by atoms with E-state index >= 15 is 0 Å². The van der Waals surface area contributed by atoms with Gasteiger partial charge in [0.2, 0.25) is 6.10 Å². The number of hydrogen-bond acceptors (Lipinski definition) is 5. The Morgan fingerprint density at radius 2 is 1.83 bits per heavy atom. The van der Waals surface area contributed by atoms with E-state index < -0.39 is 12.2 Å². The van der Waals surface area contributed by atoms with Crippen molar-refractivity contribution in [2.24, 2.45) is 0 Å². The minimum Gasteiger partial charge on any atom is -0.482 e. The van der Waals surface area contributed by atoms with Gasteiger partial charge in [-0.05, 0) is 37.6 Å². The van der Waals surface area contributed by atoms with Crippen molar-refractivity contribution >= 4 is 23.5 Å². The summed E-state index contributed by atoms with van der Waals surface area (Å²) in [7, 11) is 0. The lowest BCUT2D eigenvalue weighted by molar-refractivity contribution is -0.128. The number of hydrogen-bond donors (Lipinski definition) is 1. The number of nitrogens with zero attached hydrogens (tertiary/aromatic N) is 2. The van der Waals surface area contributed by atoms with E-state index in [1.54, 1.807) is 11.8 Å². The summed E-state index contributed by atoms with van der Waals surface area (Å²) in [5, 5.41) is 7.87. The standard InChI is InChI=1S/C22H21N3O3S/c1-13-7-3-4-8-17(13)25-21(15-11-29-12-16(15)24-25)23-22(26)20-14(2)27-18-9-5-6-10-19(18)28-20/h3-10,14,20H,11-12H2,1-2H3,(H,23,26). The van der Waals surface area contributed by atoms with E-state index in [0.29, 0.717) is 11.5 Å². The lowest BCUT2D eigenvalue weighted by Gasteiger charge is -2.31. The van der Waals surface area contributed by atoms with Crippen LogP contribution >= 0.6 is 11.8 Å². The zero-order valence-corrected chi connectivity index (χ0v) is 17.0. The third-order valence-corrected chi connectivity index (χ3v) is 6.21. The molecule has 1 aromatic heterocycles. The zero-order chi connectivity index (χ0) is 20.0. The van der Waals surface area contributed by atoms with Crippen LogP contribution in [-0.4, -0.2) is 27.9 Å². The summed E-state index contributed by atoms with van der Waals surface area (Å²) < 4.78 is 13.7. The maximum atomic E-state index is 13.2. The molecule has 1 N–H and O–H groups in total. The van der Waals surface area contributed by atoms with E-state index in [1.807, 2.05) is 67.1 Å². The molecular formula is C22H21N3O3S. The van der Waals surface area contributed by atoms with Crippen LogP contribution in [0.5, 0.6) is 11.5 Å². The highest BCUT2D eigenvalue weighted by Gasteiger charge is 2.36. The predicted molar refractivity (Wildman–Crippen MR) is 113 cm³/mol. The second kappa shape index (κ2) is 7.15. The van der Waals surface area contributed by atoms with E-state index in [9.17, 15) is 4.79 Å². The van der Waals surface area contributed by atoms with Gasteiger partial charge in [-0.3, -0.25) is 4.79 Å². The molecule has 3 heterocycles. The monoisotopic (exact) mass is 407 g/mol. The summed E-state index contributed by atoms with van der Waals surface area (Å²) in [6, 6.07) is 15.4. The second-order valence-electron chi connectivity index (χ2n) is 7.26. The highest BCUT2D eigenvalue weighted by molar-refractivity contribution is 7.98. The number of carbonyl (C=O) groups is 1. The molecule has 0 bridgehead atoms. The fraction of sp³-hybridized carbons (Fsp3) is 0.273. The van der Waals surface area contributed by atoms with E-state index in [0.717, 1.165) is 39.8 Å². The van der Waals surface area contributed by atoms with E-state index in [-0.39, 0.29) is 5.91 Å². The molecule has 2 atom stereocenters. The van der Waals surface area contributed by atoms with Crippen molar-refractivity contribution in [3.63, 3.8) is 0 Å². The van der Waals surface area contributed by atoms with Gasteiger partial charge < -0.3 is 14.8 Å². The quantitative estimate of drug-likeness (QED) is 0.708.